The van der Waals surface area contributed by atoms with Gasteiger partial charge in [-0.2, -0.15) is 0 Å². The molecule has 0 atom stereocenters. The molecule has 0 amide bonds. The lowest BCUT2D eigenvalue weighted by Gasteiger charge is -2.37. The van der Waals surface area contributed by atoms with Crippen molar-refractivity contribution < 1.29 is 21.9 Å². The maximum absolute atomic E-state index is 13.8. The van der Waals surface area contributed by atoms with Gasteiger partial charge in [-0.3, -0.25) is 0 Å². The van der Waals surface area contributed by atoms with E-state index in [2.05, 4.69) is 4.72 Å². The van der Waals surface area contributed by atoms with Gasteiger partial charge in [-0.1, -0.05) is 24.3 Å². The van der Waals surface area contributed by atoms with Crippen molar-refractivity contribution in [3.63, 3.8) is 0 Å². The number of hydrogen-bond donors (Lipinski definition) is 1. The van der Waals surface area contributed by atoms with Gasteiger partial charge >= 0.3 is 0 Å². The number of sulfonamides is 1. The predicted molar refractivity (Wildman–Crippen MR) is 89.7 cm³/mol. The first-order chi connectivity index (χ1) is 11.9. The van der Waals surface area contributed by atoms with E-state index >= 15 is 0 Å². The molecular weight excluding hydrogens is 348 g/mol. The van der Waals surface area contributed by atoms with E-state index in [1.807, 2.05) is 0 Å². The van der Waals surface area contributed by atoms with Crippen LogP contribution >= 0.6 is 0 Å². The van der Waals surface area contributed by atoms with Crippen LogP contribution in [0.2, 0.25) is 0 Å². The first kappa shape index (κ1) is 18.0. The quantitative estimate of drug-likeness (QED) is 0.884. The fourth-order valence-electron chi connectivity index (χ4n) is 3.11. The smallest absolute Gasteiger partial charge is 0.243 e. The number of hydrogen-bond acceptors (Lipinski definition) is 3. The average Bonchev–Trinajstić information content (AvgIpc) is 2.62. The number of halogens is 2. The Bertz CT molecular complexity index is 832. The van der Waals surface area contributed by atoms with Crippen LogP contribution in [0.25, 0.3) is 0 Å². The molecule has 1 aliphatic heterocycles. The molecule has 0 unspecified atom stereocenters. The van der Waals surface area contributed by atoms with Crippen LogP contribution < -0.4 is 4.72 Å². The van der Waals surface area contributed by atoms with Crippen LogP contribution in [-0.2, 0) is 20.2 Å². The van der Waals surface area contributed by atoms with E-state index in [0.29, 0.717) is 26.1 Å². The molecule has 134 valence electrons. The van der Waals surface area contributed by atoms with Crippen molar-refractivity contribution in [3.8, 4) is 0 Å². The van der Waals surface area contributed by atoms with E-state index in [0.717, 1.165) is 11.6 Å². The Morgan fingerprint density at radius 3 is 2.28 bits per heavy atom. The van der Waals surface area contributed by atoms with Gasteiger partial charge < -0.3 is 4.74 Å². The third kappa shape index (κ3) is 3.89. The topological polar surface area (TPSA) is 55.4 Å². The largest absolute Gasteiger partial charge is 0.381 e. The first-order valence-electron chi connectivity index (χ1n) is 8.01. The molecule has 25 heavy (non-hydrogen) atoms. The second-order valence-corrected chi connectivity index (χ2v) is 7.89. The Hall–Kier alpha value is -1.83. The van der Waals surface area contributed by atoms with E-state index in [9.17, 15) is 17.2 Å². The van der Waals surface area contributed by atoms with E-state index in [4.69, 9.17) is 4.74 Å². The van der Waals surface area contributed by atoms with Crippen LogP contribution in [0.4, 0.5) is 8.78 Å². The van der Waals surface area contributed by atoms with Gasteiger partial charge in [0.05, 0.1) is 0 Å². The summed E-state index contributed by atoms with van der Waals surface area (Å²) in [7, 11) is -3.98. The Balaban J connectivity index is 1.86. The molecule has 0 spiro atoms. The fraction of sp³-hybridized carbons (Fsp3) is 0.333. The molecule has 3 rings (SSSR count). The number of nitrogens with one attached hydrogen (secondary N) is 1. The van der Waals surface area contributed by atoms with Gasteiger partial charge in [0.2, 0.25) is 10.0 Å². The van der Waals surface area contributed by atoms with Gasteiger partial charge in [0, 0.05) is 25.2 Å². The second kappa shape index (κ2) is 7.19. The Morgan fingerprint density at radius 2 is 1.64 bits per heavy atom. The summed E-state index contributed by atoms with van der Waals surface area (Å²) in [5.74, 6) is -1.14. The van der Waals surface area contributed by atoms with Crippen LogP contribution in [-0.4, -0.2) is 28.2 Å². The third-order valence-corrected chi connectivity index (χ3v) is 6.07. The Labute approximate surface area is 145 Å². The molecule has 1 N–H and O–H groups in total. The molecule has 0 radical (unpaired) electrons. The second-order valence-electron chi connectivity index (χ2n) is 6.15. The summed E-state index contributed by atoms with van der Waals surface area (Å²) in [5, 5.41) is 0. The highest BCUT2D eigenvalue weighted by Crippen LogP contribution is 2.34. The van der Waals surface area contributed by atoms with Gasteiger partial charge in [0.25, 0.3) is 0 Å². The van der Waals surface area contributed by atoms with E-state index < -0.39 is 21.3 Å². The summed E-state index contributed by atoms with van der Waals surface area (Å²) in [4.78, 5) is -0.378. The predicted octanol–water partition coefficient (Wildman–Crippen LogP) is 2.99. The molecule has 0 aliphatic carbocycles. The highest BCUT2D eigenvalue weighted by Gasteiger charge is 2.36. The molecule has 4 nitrogen and oxygen atoms in total. The molecule has 1 fully saturated rings. The molecule has 1 heterocycles. The van der Waals surface area contributed by atoms with Crippen molar-refractivity contribution in [1.29, 1.82) is 0 Å². The van der Waals surface area contributed by atoms with Crippen LogP contribution in [0.5, 0.6) is 0 Å². The van der Waals surface area contributed by atoms with Crippen LogP contribution in [0.15, 0.2) is 53.4 Å². The third-order valence-electron chi connectivity index (χ3n) is 4.63. The van der Waals surface area contributed by atoms with Crippen molar-refractivity contribution in [2.45, 2.75) is 23.2 Å². The van der Waals surface area contributed by atoms with Crippen molar-refractivity contribution in [3.05, 3.63) is 65.7 Å². The fourth-order valence-corrected chi connectivity index (χ4v) is 4.31. The molecule has 2 aromatic carbocycles. The molecule has 7 heteroatoms. The van der Waals surface area contributed by atoms with Crippen LogP contribution in [0, 0.1) is 11.6 Å². The molecule has 0 bridgehead atoms. The monoisotopic (exact) mass is 367 g/mol. The normalized spacial score (nSPS) is 17.4. The lowest BCUT2D eigenvalue weighted by Crippen LogP contribution is -2.44. The zero-order chi connectivity index (χ0) is 17.9. The molecule has 1 aliphatic rings. The number of benzene rings is 2. The Morgan fingerprint density at radius 1 is 1.00 bits per heavy atom. The zero-order valence-corrected chi connectivity index (χ0v) is 14.4. The zero-order valence-electron chi connectivity index (χ0n) is 13.5. The molecule has 2 aromatic rings. The van der Waals surface area contributed by atoms with E-state index in [-0.39, 0.29) is 17.3 Å². The van der Waals surface area contributed by atoms with Gasteiger partial charge in [0.1, 0.15) is 16.5 Å². The van der Waals surface area contributed by atoms with Crippen LogP contribution in [0.1, 0.15) is 18.4 Å². The minimum absolute atomic E-state index is 0.0959. The summed E-state index contributed by atoms with van der Waals surface area (Å²) in [6, 6.07) is 11.3. The standard InChI is InChI=1S/C18H19F2NO3S/c19-15-7-5-14(6-8-15)18(9-11-24-12-10-18)13-21-25(22,23)17-4-2-1-3-16(17)20/h1-8,21H,9-13H2. The maximum Gasteiger partial charge on any atom is 0.243 e. The highest BCUT2D eigenvalue weighted by molar-refractivity contribution is 7.89. The Kier molecular flexibility index (Phi) is 5.17. The van der Waals surface area contributed by atoms with E-state index in [1.165, 1.54) is 30.3 Å². The minimum atomic E-state index is -3.98. The lowest BCUT2D eigenvalue weighted by atomic mass is 9.74. The summed E-state index contributed by atoms with van der Waals surface area (Å²) < 4.78 is 60.0. The SMILES string of the molecule is O=S(=O)(NCC1(c2ccc(F)cc2)CCOCC1)c1ccccc1F. The average molecular weight is 367 g/mol. The van der Waals surface area contributed by atoms with Crippen molar-refractivity contribution in [2.75, 3.05) is 19.8 Å². The number of ether oxygens (including phenoxy) is 1. The molecule has 0 saturated carbocycles. The molecule has 1 saturated heterocycles. The summed E-state index contributed by atoms with van der Waals surface area (Å²) >= 11 is 0. The lowest BCUT2D eigenvalue weighted by molar-refractivity contribution is 0.0517. The number of rotatable bonds is 5. The highest BCUT2D eigenvalue weighted by atomic mass is 32.2. The van der Waals surface area contributed by atoms with Gasteiger partial charge in [-0.15, -0.1) is 0 Å². The van der Waals surface area contributed by atoms with Crippen LogP contribution in [0.3, 0.4) is 0 Å². The summed E-state index contributed by atoms with van der Waals surface area (Å²) in [6.07, 6.45) is 1.19. The van der Waals surface area contributed by atoms with Crippen molar-refractivity contribution >= 4 is 10.0 Å². The molecule has 0 aromatic heterocycles. The summed E-state index contributed by atoms with van der Waals surface area (Å²) in [6.45, 7) is 1.07. The van der Waals surface area contributed by atoms with Crippen molar-refractivity contribution in [2.24, 2.45) is 0 Å². The summed E-state index contributed by atoms with van der Waals surface area (Å²) in [5.41, 5.74) is 0.331. The van der Waals surface area contributed by atoms with Gasteiger partial charge in [0.15, 0.2) is 0 Å². The van der Waals surface area contributed by atoms with Gasteiger partial charge in [-0.05, 0) is 42.7 Å². The minimum Gasteiger partial charge on any atom is -0.381 e. The van der Waals surface area contributed by atoms with E-state index in [1.54, 1.807) is 12.1 Å². The molecular formula is C18H19F2NO3S. The van der Waals surface area contributed by atoms with Crippen molar-refractivity contribution in [1.82, 2.24) is 4.72 Å². The van der Waals surface area contributed by atoms with Gasteiger partial charge in [-0.25, -0.2) is 21.9 Å². The first-order valence-corrected chi connectivity index (χ1v) is 9.49. The maximum atomic E-state index is 13.8.